The maximum absolute atomic E-state index is 14.0. The van der Waals surface area contributed by atoms with Gasteiger partial charge in [0.05, 0.1) is 19.3 Å². The van der Waals surface area contributed by atoms with Crippen molar-refractivity contribution in [3.8, 4) is 0 Å². The first-order valence-corrected chi connectivity index (χ1v) is 12.5. The molecule has 0 bridgehead atoms. The van der Waals surface area contributed by atoms with Crippen molar-refractivity contribution in [1.29, 1.82) is 0 Å². The number of guanidine groups is 1. The number of amides is 3. The number of ether oxygens (including phenoxy) is 1. The number of piperazine rings is 1. The van der Waals surface area contributed by atoms with Crippen molar-refractivity contribution in [2.75, 3.05) is 33.3 Å². The number of nitrogens with zero attached hydrogens (tertiary/aromatic N) is 5. The lowest BCUT2D eigenvalue weighted by Crippen LogP contribution is -2.50. The fourth-order valence-corrected chi connectivity index (χ4v) is 4.92. The maximum Gasteiger partial charge on any atom is 0.409 e. The molecule has 40 heavy (non-hydrogen) atoms. The van der Waals surface area contributed by atoms with Crippen LogP contribution in [0.15, 0.2) is 71.9 Å². The van der Waals surface area contributed by atoms with Gasteiger partial charge in [0.1, 0.15) is 11.6 Å². The maximum atomic E-state index is 14.0. The molecule has 2 aliphatic rings. The second-order valence-corrected chi connectivity index (χ2v) is 9.37. The van der Waals surface area contributed by atoms with Crippen LogP contribution >= 0.6 is 0 Å². The highest BCUT2D eigenvalue weighted by Crippen LogP contribution is 2.40. The summed E-state index contributed by atoms with van der Waals surface area (Å²) in [6.07, 6.45) is 1.03. The van der Waals surface area contributed by atoms with Gasteiger partial charge in [-0.05, 0) is 47.5 Å². The first-order valence-electron chi connectivity index (χ1n) is 12.5. The number of rotatable bonds is 5. The minimum atomic E-state index is -1.65. The van der Waals surface area contributed by atoms with Crippen LogP contribution in [0.4, 0.5) is 13.6 Å². The molecular weight excluding hydrogens is 522 g/mol. The van der Waals surface area contributed by atoms with Crippen LogP contribution in [0.25, 0.3) is 0 Å². The third-order valence-corrected chi connectivity index (χ3v) is 7.02. The molecule has 10 nitrogen and oxygen atoms in total. The molecule has 0 spiro atoms. The van der Waals surface area contributed by atoms with Crippen LogP contribution in [-0.4, -0.2) is 76.8 Å². The average molecular weight is 549 g/mol. The lowest BCUT2D eigenvalue weighted by molar-refractivity contribution is -0.130. The summed E-state index contributed by atoms with van der Waals surface area (Å²) in [7, 11) is 1.31. The Morgan fingerprint density at radius 1 is 0.925 bits per heavy atom. The minimum Gasteiger partial charge on any atom is -0.453 e. The summed E-state index contributed by atoms with van der Waals surface area (Å²) in [5.74, 6) is -1.85. The topological polar surface area (TPSA) is 121 Å². The Kier molecular flexibility index (Phi) is 7.16. The number of methoxy groups -OCH3 is 1. The molecule has 0 atom stereocenters. The highest BCUT2D eigenvalue weighted by Gasteiger charge is 2.50. The molecule has 5 rings (SSSR count). The molecule has 0 aliphatic carbocycles. The summed E-state index contributed by atoms with van der Waals surface area (Å²) < 4.78 is 32.2. The van der Waals surface area contributed by atoms with E-state index in [1.54, 1.807) is 17.0 Å². The fourth-order valence-electron chi connectivity index (χ4n) is 4.92. The van der Waals surface area contributed by atoms with E-state index in [4.69, 9.17) is 10.5 Å². The Morgan fingerprint density at radius 3 is 2.02 bits per heavy atom. The van der Waals surface area contributed by atoms with Gasteiger partial charge in [0, 0.05) is 37.9 Å². The number of hydrogen-bond acceptors (Lipinski definition) is 7. The van der Waals surface area contributed by atoms with Gasteiger partial charge in [-0.3, -0.25) is 19.5 Å². The molecule has 3 aromatic rings. The predicted molar refractivity (Wildman–Crippen MR) is 140 cm³/mol. The van der Waals surface area contributed by atoms with Gasteiger partial charge in [-0.25, -0.2) is 18.6 Å². The lowest BCUT2D eigenvalue weighted by atomic mass is 9.82. The first kappa shape index (κ1) is 26.7. The molecule has 206 valence electrons. The largest absolute Gasteiger partial charge is 0.453 e. The number of aromatic nitrogens is 1. The molecule has 1 aromatic heterocycles. The average Bonchev–Trinajstić information content (AvgIpc) is 3.23. The van der Waals surface area contributed by atoms with Crippen LogP contribution in [0.5, 0.6) is 0 Å². The van der Waals surface area contributed by atoms with Crippen LogP contribution in [0, 0.1) is 11.6 Å². The SMILES string of the molecule is COC(=O)N1CCN(C(=O)c2ccnc(CN3C(=O)C(c4ccc(F)cc4)(c4ccc(F)cc4)N=C3N)c2)CC1. The van der Waals surface area contributed by atoms with Gasteiger partial charge in [-0.2, -0.15) is 0 Å². The van der Waals surface area contributed by atoms with E-state index in [1.807, 2.05) is 0 Å². The number of nitrogens with two attached hydrogens (primary N) is 1. The Morgan fingerprint density at radius 2 is 1.48 bits per heavy atom. The van der Waals surface area contributed by atoms with Gasteiger partial charge in [-0.15, -0.1) is 0 Å². The third-order valence-electron chi connectivity index (χ3n) is 7.02. The van der Waals surface area contributed by atoms with E-state index in [0.29, 0.717) is 48.6 Å². The van der Waals surface area contributed by atoms with Crippen LogP contribution in [0.1, 0.15) is 27.2 Å². The first-order chi connectivity index (χ1) is 19.2. The van der Waals surface area contributed by atoms with Crippen molar-refractivity contribution in [1.82, 2.24) is 19.7 Å². The van der Waals surface area contributed by atoms with Crippen LogP contribution in [-0.2, 0) is 21.6 Å². The van der Waals surface area contributed by atoms with E-state index in [9.17, 15) is 23.2 Å². The number of carbonyl (C=O) groups is 3. The van der Waals surface area contributed by atoms with Crippen molar-refractivity contribution < 1.29 is 27.9 Å². The van der Waals surface area contributed by atoms with Gasteiger partial charge >= 0.3 is 6.09 Å². The minimum absolute atomic E-state index is 0.0878. The van der Waals surface area contributed by atoms with E-state index >= 15 is 0 Å². The van der Waals surface area contributed by atoms with Gasteiger partial charge in [-0.1, -0.05) is 24.3 Å². The third kappa shape index (κ3) is 4.83. The second kappa shape index (κ2) is 10.7. The van der Waals surface area contributed by atoms with E-state index in [-0.39, 0.29) is 18.4 Å². The van der Waals surface area contributed by atoms with Crippen molar-refractivity contribution in [3.63, 3.8) is 0 Å². The lowest BCUT2D eigenvalue weighted by Gasteiger charge is -2.33. The van der Waals surface area contributed by atoms with Crippen LogP contribution in [0.3, 0.4) is 0 Å². The number of halogens is 2. The monoisotopic (exact) mass is 548 g/mol. The predicted octanol–water partition coefficient (Wildman–Crippen LogP) is 2.48. The number of carbonyl (C=O) groups excluding carboxylic acids is 3. The van der Waals surface area contributed by atoms with Gasteiger partial charge in [0.2, 0.25) is 0 Å². The Hall–Kier alpha value is -4.87. The number of hydrogen-bond donors (Lipinski definition) is 1. The van der Waals surface area contributed by atoms with Gasteiger partial charge in [0.25, 0.3) is 11.8 Å². The Balaban J connectivity index is 1.39. The zero-order chi connectivity index (χ0) is 28.4. The molecule has 1 saturated heterocycles. The summed E-state index contributed by atoms with van der Waals surface area (Å²) in [5, 5.41) is 0. The van der Waals surface area contributed by atoms with Gasteiger partial charge < -0.3 is 20.3 Å². The summed E-state index contributed by atoms with van der Waals surface area (Å²) in [5.41, 5.74) is 6.07. The summed E-state index contributed by atoms with van der Waals surface area (Å²) in [4.78, 5) is 52.1. The van der Waals surface area contributed by atoms with Gasteiger partial charge in [0.15, 0.2) is 11.5 Å². The quantitative estimate of drug-likeness (QED) is 0.523. The van der Waals surface area contributed by atoms with E-state index in [1.165, 1.54) is 71.6 Å². The molecule has 0 radical (unpaired) electrons. The molecule has 0 saturated carbocycles. The number of pyridine rings is 1. The molecular formula is C28H26F2N6O4. The number of benzene rings is 2. The zero-order valence-electron chi connectivity index (χ0n) is 21.6. The normalized spacial score (nSPS) is 16.6. The Bertz CT molecular complexity index is 1430. The molecule has 2 aliphatic heterocycles. The highest BCUT2D eigenvalue weighted by atomic mass is 19.1. The van der Waals surface area contributed by atoms with Crippen molar-refractivity contribution in [2.24, 2.45) is 10.7 Å². The van der Waals surface area contributed by atoms with E-state index in [0.717, 1.165) is 0 Å². The molecule has 2 aromatic carbocycles. The zero-order valence-corrected chi connectivity index (χ0v) is 21.6. The molecule has 3 amide bonds. The smallest absolute Gasteiger partial charge is 0.409 e. The molecule has 12 heteroatoms. The summed E-state index contributed by atoms with van der Waals surface area (Å²) >= 11 is 0. The van der Waals surface area contributed by atoms with E-state index in [2.05, 4.69) is 9.98 Å². The molecule has 0 unspecified atom stereocenters. The number of aliphatic imine (C=N–C) groups is 1. The molecule has 3 heterocycles. The van der Waals surface area contributed by atoms with Crippen LogP contribution < -0.4 is 5.73 Å². The Labute approximate surface area is 228 Å². The van der Waals surface area contributed by atoms with Crippen LogP contribution in [0.2, 0.25) is 0 Å². The van der Waals surface area contributed by atoms with Crippen molar-refractivity contribution in [3.05, 3.63) is 101 Å². The summed E-state index contributed by atoms with van der Waals surface area (Å²) in [6, 6.07) is 13.8. The molecule has 1 fully saturated rings. The standard InChI is InChI=1S/C28H26F2N6O4/c1-40-27(39)35-14-12-34(13-15-35)24(37)18-10-11-32-23(16-18)17-36-25(38)28(33-26(36)31,19-2-6-21(29)7-3-19)20-4-8-22(30)9-5-20/h2-11,16H,12-15,17H2,1H3,(H2,31,33). The fraction of sp³-hybridized carbons (Fsp3) is 0.250. The van der Waals surface area contributed by atoms with Crippen molar-refractivity contribution in [2.45, 2.75) is 12.1 Å². The summed E-state index contributed by atoms with van der Waals surface area (Å²) in [6.45, 7) is 1.29. The highest BCUT2D eigenvalue weighted by molar-refractivity contribution is 6.09. The second-order valence-electron chi connectivity index (χ2n) is 9.37. The van der Waals surface area contributed by atoms with E-state index < -0.39 is 29.2 Å². The molecule has 2 N–H and O–H groups in total. The van der Waals surface area contributed by atoms with Crippen molar-refractivity contribution >= 4 is 23.9 Å².